The first kappa shape index (κ1) is 20.3. The van der Waals surface area contributed by atoms with Gasteiger partial charge in [-0.3, -0.25) is 0 Å². The molecule has 2 rings (SSSR count). The molecule has 1 atom stereocenters. The van der Waals surface area contributed by atoms with Gasteiger partial charge in [0.05, 0.1) is 12.6 Å². The molecule has 3 N–H and O–H groups in total. The first-order valence-electron chi connectivity index (χ1n) is 7.58. The molecule has 1 heterocycles. The van der Waals surface area contributed by atoms with Gasteiger partial charge >= 0.3 is 0 Å². The van der Waals surface area contributed by atoms with E-state index in [9.17, 15) is 9.50 Å². The molecule has 0 amide bonds. The van der Waals surface area contributed by atoms with Crippen molar-refractivity contribution in [2.75, 3.05) is 6.54 Å². The van der Waals surface area contributed by atoms with E-state index >= 15 is 0 Å². The van der Waals surface area contributed by atoms with Crippen LogP contribution < -0.4 is 10.6 Å². The summed E-state index contributed by atoms with van der Waals surface area (Å²) in [6.07, 6.45) is 0. The van der Waals surface area contributed by atoms with E-state index in [2.05, 4.69) is 15.6 Å². The summed E-state index contributed by atoms with van der Waals surface area (Å²) in [4.78, 5) is 4.43. The van der Waals surface area contributed by atoms with E-state index < -0.39 is 5.82 Å². The molecule has 2 aromatic rings. The van der Waals surface area contributed by atoms with Crippen molar-refractivity contribution >= 4 is 29.9 Å². The minimum absolute atomic E-state index is 0. The molecule has 0 aliphatic heterocycles. The van der Waals surface area contributed by atoms with Gasteiger partial charge in [-0.25, -0.2) is 9.38 Å². The molecule has 0 aliphatic rings. The van der Waals surface area contributed by atoms with E-state index in [1.54, 1.807) is 6.07 Å². The molecule has 0 radical (unpaired) electrons. The summed E-state index contributed by atoms with van der Waals surface area (Å²) >= 11 is 0. The number of guanidine groups is 1. The third kappa shape index (κ3) is 5.70. The Balaban J connectivity index is 0.00000288. The molecule has 1 aromatic heterocycles. The molecule has 1 unspecified atom stereocenters. The fourth-order valence-corrected chi connectivity index (χ4v) is 2.10. The van der Waals surface area contributed by atoms with Gasteiger partial charge in [0.2, 0.25) is 0 Å². The van der Waals surface area contributed by atoms with Crippen LogP contribution in [0, 0.1) is 12.7 Å². The number of hydrogen-bond acceptors (Lipinski definition) is 3. The summed E-state index contributed by atoms with van der Waals surface area (Å²) in [7, 11) is 0. The molecule has 24 heavy (non-hydrogen) atoms. The van der Waals surface area contributed by atoms with Gasteiger partial charge in [0.25, 0.3) is 0 Å². The highest BCUT2D eigenvalue weighted by Crippen LogP contribution is 2.17. The number of halogens is 2. The van der Waals surface area contributed by atoms with E-state index in [-0.39, 0.29) is 35.8 Å². The Labute approximate surface area is 158 Å². The zero-order valence-electron chi connectivity index (χ0n) is 14.0. The van der Waals surface area contributed by atoms with Gasteiger partial charge in [0, 0.05) is 6.54 Å². The molecule has 0 fully saturated rings. The number of furan rings is 1. The second-order valence-electron chi connectivity index (χ2n) is 5.30. The maximum Gasteiger partial charge on any atom is 0.192 e. The van der Waals surface area contributed by atoms with Gasteiger partial charge in [-0.1, -0.05) is 6.07 Å². The van der Waals surface area contributed by atoms with Crippen molar-refractivity contribution < 1.29 is 13.9 Å². The van der Waals surface area contributed by atoms with Crippen molar-refractivity contribution in [3.8, 4) is 5.75 Å². The Kier molecular flexibility index (Phi) is 8.03. The Bertz CT molecular complexity index is 688. The molecule has 0 saturated carbocycles. The monoisotopic (exact) mass is 447 g/mol. The topological polar surface area (TPSA) is 69.8 Å². The van der Waals surface area contributed by atoms with E-state index in [0.717, 1.165) is 11.5 Å². The van der Waals surface area contributed by atoms with Crippen molar-refractivity contribution in [2.24, 2.45) is 4.99 Å². The average molecular weight is 447 g/mol. The number of aromatic hydroxyl groups is 1. The fourth-order valence-electron chi connectivity index (χ4n) is 2.10. The fraction of sp³-hybridized carbons (Fsp3) is 0.353. The first-order valence-corrected chi connectivity index (χ1v) is 7.58. The van der Waals surface area contributed by atoms with Crippen LogP contribution in [0.2, 0.25) is 0 Å². The van der Waals surface area contributed by atoms with Crippen molar-refractivity contribution in [3.63, 3.8) is 0 Å². The predicted molar refractivity (Wildman–Crippen MR) is 103 cm³/mol. The Hall–Kier alpha value is -1.77. The summed E-state index contributed by atoms with van der Waals surface area (Å²) in [6.45, 7) is 6.86. The number of rotatable bonds is 5. The van der Waals surface area contributed by atoms with Gasteiger partial charge in [0.1, 0.15) is 11.5 Å². The van der Waals surface area contributed by atoms with E-state index in [0.29, 0.717) is 24.6 Å². The van der Waals surface area contributed by atoms with Gasteiger partial charge in [0.15, 0.2) is 17.5 Å². The van der Waals surface area contributed by atoms with Crippen molar-refractivity contribution in [2.45, 2.75) is 33.4 Å². The summed E-state index contributed by atoms with van der Waals surface area (Å²) in [5.41, 5.74) is 0.680. The summed E-state index contributed by atoms with van der Waals surface area (Å²) in [5.74, 6) is 1.29. The number of nitrogens with zero attached hydrogens (tertiary/aromatic N) is 1. The van der Waals surface area contributed by atoms with Crippen LogP contribution in [-0.2, 0) is 6.54 Å². The van der Waals surface area contributed by atoms with Gasteiger partial charge in [-0.15, -0.1) is 24.0 Å². The van der Waals surface area contributed by atoms with Crippen LogP contribution >= 0.6 is 24.0 Å². The lowest BCUT2D eigenvalue weighted by Gasteiger charge is -2.16. The number of phenols is 1. The minimum atomic E-state index is -0.643. The van der Waals surface area contributed by atoms with Crippen LogP contribution in [0.15, 0.2) is 39.7 Å². The molecule has 7 heteroatoms. The largest absolute Gasteiger partial charge is 0.505 e. The number of aliphatic imine (C=N–C) groups is 1. The first-order chi connectivity index (χ1) is 11.0. The average Bonchev–Trinajstić information content (AvgIpc) is 2.95. The lowest BCUT2D eigenvalue weighted by atomic mass is 10.2. The van der Waals surface area contributed by atoms with Gasteiger partial charge in [-0.05, 0) is 50.6 Å². The van der Waals surface area contributed by atoms with Crippen molar-refractivity contribution in [3.05, 3.63) is 53.2 Å². The maximum atomic E-state index is 13.3. The molecule has 0 aliphatic carbocycles. The molecular formula is C17H23FIN3O2. The highest BCUT2D eigenvalue weighted by atomic mass is 127. The van der Waals surface area contributed by atoms with Crippen LogP contribution in [0.4, 0.5) is 4.39 Å². The van der Waals surface area contributed by atoms with Crippen LogP contribution in [-0.4, -0.2) is 17.6 Å². The van der Waals surface area contributed by atoms with Crippen LogP contribution in [0.5, 0.6) is 5.75 Å². The number of phenolic OH excluding ortho intramolecular Hbond substituents is 1. The second kappa shape index (κ2) is 9.51. The lowest BCUT2D eigenvalue weighted by molar-refractivity contribution is 0.432. The van der Waals surface area contributed by atoms with Crippen LogP contribution in [0.3, 0.4) is 0 Å². The summed E-state index contributed by atoms with van der Waals surface area (Å²) < 4.78 is 18.9. The minimum Gasteiger partial charge on any atom is -0.505 e. The Morgan fingerprint density at radius 1 is 1.33 bits per heavy atom. The van der Waals surface area contributed by atoms with Crippen molar-refractivity contribution in [1.29, 1.82) is 0 Å². The molecule has 132 valence electrons. The SMILES string of the molecule is CCNC(=NCc1ccc(O)c(F)c1)NC(C)c1ccc(C)o1.I. The lowest BCUT2D eigenvalue weighted by Crippen LogP contribution is -2.38. The smallest absolute Gasteiger partial charge is 0.192 e. The molecule has 1 aromatic carbocycles. The summed E-state index contributed by atoms with van der Waals surface area (Å²) in [5, 5.41) is 15.6. The second-order valence-corrected chi connectivity index (χ2v) is 5.30. The standard InChI is InChI=1S/C17H22FN3O2.HI/c1-4-19-17(21-12(3)16-8-5-11(2)23-16)20-10-13-6-7-15(22)14(18)9-13;/h5-9,12,22H,4,10H2,1-3H3,(H2,19,20,21);1H. The zero-order chi connectivity index (χ0) is 16.8. The zero-order valence-corrected chi connectivity index (χ0v) is 16.3. The van der Waals surface area contributed by atoms with Crippen LogP contribution in [0.1, 0.15) is 37.0 Å². The normalized spacial score (nSPS) is 12.4. The third-order valence-electron chi connectivity index (χ3n) is 3.32. The number of nitrogens with one attached hydrogen (secondary N) is 2. The molecule has 5 nitrogen and oxygen atoms in total. The predicted octanol–water partition coefficient (Wildman–Crippen LogP) is 3.87. The maximum absolute atomic E-state index is 13.3. The molecule has 0 saturated heterocycles. The van der Waals surface area contributed by atoms with Crippen molar-refractivity contribution in [1.82, 2.24) is 10.6 Å². The highest BCUT2D eigenvalue weighted by Gasteiger charge is 2.11. The van der Waals surface area contributed by atoms with Crippen LogP contribution in [0.25, 0.3) is 0 Å². The van der Waals surface area contributed by atoms with E-state index in [4.69, 9.17) is 4.42 Å². The number of benzene rings is 1. The number of aryl methyl sites for hydroxylation is 1. The molecule has 0 spiro atoms. The Morgan fingerprint density at radius 2 is 2.08 bits per heavy atom. The Morgan fingerprint density at radius 3 is 2.67 bits per heavy atom. The van der Waals surface area contributed by atoms with Gasteiger partial charge < -0.3 is 20.2 Å². The van der Waals surface area contributed by atoms with E-state index in [1.165, 1.54) is 12.1 Å². The number of hydrogen-bond donors (Lipinski definition) is 3. The third-order valence-corrected chi connectivity index (χ3v) is 3.32. The molecule has 0 bridgehead atoms. The summed E-state index contributed by atoms with van der Waals surface area (Å²) in [6, 6.07) is 8.04. The quantitative estimate of drug-likeness (QED) is 0.370. The van der Waals surface area contributed by atoms with E-state index in [1.807, 2.05) is 32.9 Å². The highest BCUT2D eigenvalue weighted by molar-refractivity contribution is 14.0. The molecular weight excluding hydrogens is 424 g/mol. The van der Waals surface area contributed by atoms with Gasteiger partial charge in [-0.2, -0.15) is 0 Å².